The molecule has 0 bridgehead atoms. The van der Waals surface area contributed by atoms with Crippen LogP contribution in [-0.4, -0.2) is 11.4 Å². The van der Waals surface area contributed by atoms with Crippen molar-refractivity contribution in [2.75, 3.05) is 0 Å². The molecule has 1 aliphatic rings. The molecular weight excluding hydrogens is 253 g/mol. The number of hydrogen-bond acceptors (Lipinski definition) is 1. The van der Waals surface area contributed by atoms with E-state index in [0.29, 0.717) is 6.04 Å². The number of nitrogens with one attached hydrogen (secondary N) is 1. The van der Waals surface area contributed by atoms with Gasteiger partial charge in [-0.25, -0.2) is 0 Å². The molecule has 2 atom stereocenters. The standard InChI is InChI=1S/C14H19Cl2N/c1-10-6-7-11(13(16)8-10)9-17-14-5-3-2-4-12(14)15/h6-8,12,14,17H,2-5,9H2,1H3. The Morgan fingerprint density at radius 2 is 2.06 bits per heavy atom. The molecule has 1 saturated carbocycles. The number of benzene rings is 1. The maximum absolute atomic E-state index is 6.32. The lowest BCUT2D eigenvalue weighted by molar-refractivity contribution is 0.378. The quantitative estimate of drug-likeness (QED) is 0.809. The Kier molecular flexibility index (Phi) is 4.72. The molecule has 94 valence electrons. The second-order valence-corrected chi connectivity index (χ2v) is 5.85. The third kappa shape index (κ3) is 3.61. The van der Waals surface area contributed by atoms with Crippen molar-refractivity contribution in [3.05, 3.63) is 34.3 Å². The van der Waals surface area contributed by atoms with Gasteiger partial charge in [-0.3, -0.25) is 0 Å². The van der Waals surface area contributed by atoms with Crippen molar-refractivity contribution in [3.8, 4) is 0 Å². The maximum atomic E-state index is 6.32. The van der Waals surface area contributed by atoms with Gasteiger partial charge in [-0.15, -0.1) is 11.6 Å². The van der Waals surface area contributed by atoms with Crippen LogP contribution in [-0.2, 0) is 6.54 Å². The Hall–Kier alpha value is -0.240. The zero-order valence-corrected chi connectivity index (χ0v) is 11.7. The Morgan fingerprint density at radius 3 is 2.76 bits per heavy atom. The molecule has 0 amide bonds. The number of alkyl halides is 1. The van der Waals surface area contributed by atoms with Gasteiger partial charge >= 0.3 is 0 Å². The number of hydrogen-bond donors (Lipinski definition) is 1. The topological polar surface area (TPSA) is 12.0 Å². The van der Waals surface area contributed by atoms with Crippen molar-refractivity contribution < 1.29 is 0 Å². The Morgan fingerprint density at radius 1 is 1.29 bits per heavy atom. The highest BCUT2D eigenvalue weighted by molar-refractivity contribution is 6.31. The van der Waals surface area contributed by atoms with Gasteiger partial charge in [0.05, 0.1) is 0 Å². The van der Waals surface area contributed by atoms with Crippen molar-refractivity contribution in [1.29, 1.82) is 0 Å². The molecule has 2 unspecified atom stereocenters. The van der Waals surface area contributed by atoms with Crippen LogP contribution >= 0.6 is 23.2 Å². The Balaban J connectivity index is 1.92. The zero-order valence-electron chi connectivity index (χ0n) is 10.2. The van der Waals surface area contributed by atoms with Gasteiger partial charge in [0.25, 0.3) is 0 Å². The average Bonchev–Trinajstić information content (AvgIpc) is 2.30. The fourth-order valence-electron chi connectivity index (χ4n) is 2.35. The fraction of sp³-hybridized carbons (Fsp3) is 0.571. The predicted molar refractivity (Wildman–Crippen MR) is 74.9 cm³/mol. The molecule has 1 aromatic rings. The lowest BCUT2D eigenvalue weighted by Crippen LogP contribution is -2.38. The van der Waals surface area contributed by atoms with Crippen molar-refractivity contribution in [2.24, 2.45) is 0 Å². The van der Waals surface area contributed by atoms with E-state index in [1.165, 1.54) is 24.8 Å². The van der Waals surface area contributed by atoms with Crippen LogP contribution in [0.25, 0.3) is 0 Å². The Labute approximate surface area is 114 Å². The highest BCUT2D eigenvalue weighted by Crippen LogP contribution is 2.24. The molecule has 3 heteroatoms. The first-order chi connectivity index (χ1) is 8.16. The van der Waals surface area contributed by atoms with Crippen LogP contribution in [0.2, 0.25) is 5.02 Å². The first kappa shape index (κ1) is 13.2. The fourth-order valence-corrected chi connectivity index (χ4v) is 3.02. The molecule has 1 N–H and O–H groups in total. The van der Waals surface area contributed by atoms with E-state index in [4.69, 9.17) is 23.2 Å². The molecule has 1 aliphatic carbocycles. The largest absolute Gasteiger partial charge is 0.308 e. The molecule has 17 heavy (non-hydrogen) atoms. The van der Waals surface area contributed by atoms with Crippen molar-refractivity contribution >= 4 is 23.2 Å². The summed E-state index contributed by atoms with van der Waals surface area (Å²) in [6.45, 7) is 2.87. The monoisotopic (exact) mass is 271 g/mol. The SMILES string of the molecule is Cc1ccc(CNC2CCCCC2Cl)c(Cl)c1. The van der Waals surface area contributed by atoms with E-state index in [1.54, 1.807) is 0 Å². The van der Waals surface area contributed by atoms with Gasteiger partial charge in [0, 0.05) is 23.0 Å². The van der Waals surface area contributed by atoms with Gasteiger partial charge in [-0.1, -0.05) is 36.6 Å². The highest BCUT2D eigenvalue weighted by atomic mass is 35.5. The van der Waals surface area contributed by atoms with E-state index < -0.39 is 0 Å². The minimum atomic E-state index is 0.271. The molecule has 0 aromatic heterocycles. The summed E-state index contributed by atoms with van der Waals surface area (Å²) >= 11 is 12.5. The first-order valence-electron chi connectivity index (χ1n) is 6.29. The summed E-state index contributed by atoms with van der Waals surface area (Å²) in [5.41, 5.74) is 2.36. The third-order valence-electron chi connectivity index (χ3n) is 3.44. The predicted octanol–water partition coefficient (Wildman–Crippen LogP) is 4.29. The second kappa shape index (κ2) is 6.08. The Bertz CT molecular complexity index is 378. The minimum absolute atomic E-state index is 0.271. The van der Waals surface area contributed by atoms with Gasteiger partial charge < -0.3 is 5.32 Å². The van der Waals surface area contributed by atoms with Crippen molar-refractivity contribution in [3.63, 3.8) is 0 Å². The smallest absolute Gasteiger partial charge is 0.0489 e. The van der Waals surface area contributed by atoms with E-state index in [-0.39, 0.29) is 5.38 Å². The number of rotatable bonds is 3. The molecule has 2 rings (SSSR count). The molecule has 0 heterocycles. The molecule has 1 fully saturated rings. The van der Waals surface area contributed by atoms with E-state index >= 15 is 0 Å². The first-order valence-corrected chi connectivity index (χ1v) is 7.11. The molecule has 0 spiro atoms. The third-order valence-corrected chi connectivity index (χ3v) is 4.32. The summed E-state index contributed by atoms with van der Waals surface area (Å²) in [4.78, 5) is 0. The van der Waals surface area contributed by atoms with Gasteiger partial charge in [0.15, 0.2) is 0 Å². The van der Waals surface area contributed by atoms with Crippen LogP contribution in [0.4, 0.5) is 0 Å². The zero-order chi connectivity index (χ0) is 12.3. The van der Waals surface area contributed by atoms with Crippen LogP contribution in [0.1, 0.15) is 36.8 Å². The summed E-state index contributed by atoms with van der Waals surface area (Å²) in [5.74, 6) is 0. The molecule has 0 radical (unpaired) electrons. The molecule has 1 aromatic carbocycles. The van der Waals surface area contributed by atoms with Gasteiger partial charge in [0.1, 0.15) is 0 Å². The molecule has 0 aliphatic heterocycles. The van der Waals surface area contributed by atoms with Crippen LogP contribution in [0, 0.1) is 6.92 Å². The van der Waals surface area contributed by atoms with Gasteiger partial charge in [-0.05, 0) is 37.0 Å². The van der Waals surface area contributed by atoms with Crippen LogP contribution < -0.4 is 5.32 Å². The van der Waals surface area contributed by atoms with Gasteiger partial charge in [0.2, 0.25) is 0 Å². The summed E-state index contributed by atoms with van der Waals surface area (Å²) in [6, 6.07) is 6.64. The van der Waals surface area contributed by atoms with E-state index in [1.807, 2.05) is 6.07 Å². The van der Waals surface area contributed by atoms with Crippen molar-refractivity contribution in [2.45, 2.75) is 50.6 Å². The average molecular weight is 272 g/mol. The number of aryl methyl sites for hydroxylation is 1. The highest BCUT2D eigenvalue weighted by Gasteiger charge is 2.22. The van der Waals surface area contributed by atoms with Crippen LogP contribution in [0.3, 0.4) is 0 Å². The van der Waals surface area contributed by atoms with Crippen molar-refractivity contribution in [1.82, 2.24) is 5.32 Å². The number of halogens is 2. The molecule has 1 nitrogen and oxygen atoms in total. The van der Waals surface area contributed by atoms with Gasteiger partial charge in [-0.2, -0.15) is 0 Å². The second-order valence-electron chi connectivity index (χ2n) is 4.88. The molecule has 0 saturated heterocycles. The minimum Gasteiger partial charge on any atom is -0.308 e. The molecular formula is C14H19Cl2N. The summed E-state index contributed by atoms with van der Waals surface area (Å²) in [7, 11) is 0. The maximum Gasteiger partial charge on any atom is 0.0489 e. The summed E-state index contributed by atoms with van der Waals surface area (Å²) < 4.78 is 0. The lowest BCUT2D eigenvalue weighted by atomic mass is 9.95. The van der Waals surface area contributed by atoms with E-state index in [0.717, 1.165) is 23.6 Å². The van der Waals surface area contributed by atoms with E-state index in [9.17, 15) is 0 Å². The summed E-state index contributed by atoms with van der Waals surface area (Å²) in [6.07, 6.45) is 4.85. The van der Waals surface area contributed by atoms with E-state index in [2.05, 4.69) is 24.4 Å². The summed E-state index contributed by atoms with van der Waals surface area (Å²) in [5, 5.41) is 4.65. The van der Waals surface area contributed by atoms with Crippen LogP contribution in [0.15, 0.2) is 18.2 Å². The lowest BCUT2D eigenvalue weighted by Gasteiger charge is -2.28. The normalized spacial score (nSPS) is 24.9. The van der Waals surface area contributed by atoms with Crippen LogP contribution in [0.5, 0.6) is 0 Å².